The molecular weight excluding hydrogens is 326 g/mol. The van der Waals surface area contributed by atoms with Gasteiger partial charge in [0.25, 0.3) is 11.8 Å². The lowest BCUT2D eigenvalue weighted by Gasteiger charge is -2.15. The number of imide groups is 1. The van der Waals surface area contributed by atoms with Crippen LogP contribution in [-0.4, -0.2) is 43.6 Å². The number of amides is 2. The van der Waals surface area contributed by atoms with Crippen molar-refractivity contribution in [3.8, 4) is 11.5 Å². The molecule has 0 aliphatic carbocycles. The molecule has 7 heteroatoms. The van der Waals surface area contributed by atoms with E-state index in [1.54, 1.807) is 36.4 Å². The molecule has 0 saturated heterocycles. The molecule has 0 aromatic heterocycles. The van der Waals surface area contributed by atoms with E-state index in [4.69, 9.17) is 14.2 Å². The van der Waals surface area contributed by atoms with Crippen LogP contribution in [0, 0.1) is 0 Å². The minimum atomic E-state index is -0.712. The maximum absolute atomic E-state index is 12.3. The third kappa shape index (κ3) is 2.91. The Hall–Kier alpha value is -3.35. The lowest BCUT2D eigenvalue weighted by Crippen LogP contribution is -2.33. The van der Waals surface area contributed by atoms with Gasteiger partial charge in [0.15, 0.2) is 6.73 Å². The second-order valence-electron chi connectivity index (χ2n) is 5.21. The Kier molecular flexibility index (Phi) is 4.38. The van der Waals surface area contributed by atoms with E-state index in [1.165, 1.54) is 20.3 Å². The van der Waals surface area contributed by atoms with Gasteiger partial charge in [-0.3, -0.25) is 9.59 Å². The summed E-state index contributed by atoms with van der Waals surface area (Å²) in [5.74, 6) is -0.901. The number of hydrogen-bond acceptors (Lipinski definition) is 6. The zero-order valence-electron chi connectivity index (χ0n) is 13.6. The van der Waals surface area contributed by atoms with E-state index in [0.29, 0.717) is 16.9 Å². The molecule has 3 rings (SSSR count). The highest BCUT2D eigenvalue weighted by Crippen LogP contribution is 2.26. The van der Waals surface area contributed by atoms with Crippen LogP contribution >= 0.6 is 0 Å². The summed E-state index contributed by atoms with van der Waals surface area (Å²) in [6.45, 7) is -0.472. The highest BCUT2D eigenvalue weighted by atomic mass is 16.5. The number of carbonyl (C=O) groups excluding carboxylic acids is 3. The number of methoxy groups -OCH3 is 2. The molecule has 2 amide bonds. The molecular formula is C18H15NO6. The second-order valence-corrected chi connectivity index (χ2v) is 5.21. The second kappa shape index (κ2) is 6.64. The number of carbonyl (C=O) groups is 3. The Morgan fingerprint density at radius 1 is 0.960 bits per heavy atom. The number of hydrogen-bond donors (Lipinski definition) is 0. The van der Waals surface area contributed by atoms with Crippen molar-refractivity contribution in [3.05, 3.63) is 59.2 Å². The molecule has 128 valence electrons. The summed E-state index contributed by atoms with van der Waals surface area (Å²) in [6, 6.07) is 11.1. The monoisotopic (exact) mass is 341 g/mol. The zero-order chi connectivity index (χ0) is 18.0. The summed E-state index contributed by atoms with van der Waals surface area (Å²) in [7, 11) is 2.91. The van der Waals surface area contributed by atoms with E-state index in [0.717, 1.165) is 4.90 Å². The highest BCUT2D eigenvalue weighted by Gasteiger charge is 2.36. The first-order chi connectivity index (χ1) is 12.1. The van der Waals surface area contributed by atoms with E-state index in [9.17, 15) is 14.4 Å². The fraction of sp³-hybridized carbons (Fsp3) is 0.167. The molecule has 1 heterocycles. The molecule has 25 heavy (non-hydrogen) atoms. The molecule has 0 radical (unpaired) electrons. The van der Waals surface area contributed by atoms with Gasteiger partial charge in [0.1, 0.15) is 17.1 Å². The van der Waals surface area contributed by atoms with Gasteiger partial charge in [-0.15, -0.1) is 0 Å². The Morgan fingerprint density at radius 3 is 2.16 bits per heavy atom. The highest BCUT2D eigenvalue weighted by molar-refractivity contribution is 6.21. The fourth-order valence-electron chi connectivity index (χ4n) is 2.52. The maximum Gasteiger partial charge on any atom is 0.343 e. The molecule has 2 aromatic rings. The van der Waals surface area contributed by atoms with Crippen LogP contribution in [0.15, 0.2) is 42.5 Å². The van der Waals surface area contributed by atoms with E-state index < -0.39 is 24.5 Å². The number of nitrogens with zero attached hydrogens (tertiary/aromatic N) is 1. The summed E-state index contributed by atoms with van der Waals surface area (Å²) in [5.41, 5.74) is 0.760. The van der Waals surface area contributed by atoms with Gasteiger partial charge < -0.3 is 14.2 Å². The molecule has 0 bridgehead atoms. The molecule has 0 saturated carbocycles. The molecule has 0 unspecified atom stereocenters. The Morgan fingerprint density at radius 2 is 1.60 bits per heavy atom. The standard InChI is InChI=1S/C18H15NO6/c1-23-11-7-8-14(15(9-11)24-2)18(22)25-10-19-16(20)12-5-3-4-6-13(12)17(19)21/h3-9H,10H2,1-2H3. The minimum Gasteiger partial charge on any atom is -0.497 e. The van der Waals surface area contributed by atoms with E-state index >= 15 is 0 Å². The van der Waals surface area contributed by atoms with Gasteiger partial charge in [-0.1, -0.05) is 12.1 Å². The summed E-state index contributed by atoms with van der Waals surface area (Å²) < 4.78 is 15.3. The van der Waals surface area contributed by atoms with Gasteiger partial charge in [0.05, 0.1) is 25.3 Å². The predicted octanol–water partition coefficient (Wildman–Crippen LogP) is 2.11. The average Bonchev–Trinajstić information content (AvgIpc) is 2.90. The third-order valence-corrected chi connectivity index (χ3v) is 3.83. The summed E-state index contributed by atoms with van der Waals surface area (Å²) in [4.78, 5) is 37.6. The molecule has 0 atom stereocenters. The van der Waals surface area contributed by atoms with Crippen molar-refractivity contribution in [2.24, 2.45) is 0 Å². The van der Waals surface area contributed by atoms with Crippen LogP contribution in [0.25, 0.3) is 0 Å². The van der Waals surface area contributed by atoms with Gasteiger partial charge in [0.2, 0.25) is 0 Å². The van der Waals surface area contributed by atoms with Crippen molar-refractivity contribution in [2.45, 2.75) is 0 Å². The molecule has 0 fully saturated rings. The summed E-state index contributed by atoms with van der Waals surface area (Å²) >= 11 is 0. The number of rotatable bonds is 5. The summed E-state index contributed by atoms with van der Waals surface area (Å²) in [5, 5.41) is 0. The molecule has 1 aliphatic rings. The first kappa shape index (κ1) is 16.5. The van der Waals surface area contributed by atoms with Crippen LogP contribution in [0.2, 0.25) is 0 Å². The van der Waals surface area contributed by atoms with Gasteiger partial charge in [0, 0.05) is 6.07 Å². The normalized spacial score (nSPS) is 12.8. The third-order valence-electron chi connectivity index (χ3n) is 3.83. The van der Waals surface area contributed by atoms with Gasteiger partial charge in [-0.25, -0.2) is 9.69 Å². The van der Waals surface area contributed by atoms with Crippen molar-refractivity contribution in [1.29, 1.82) is 0 Å². The van der Waals surface area contributed by atoms with Crippen LogP contribution < -0.4 is 9.47 Å². The SMILES string of the molecule is COc1ccc(C(=O)OCN2C(=O)c3ccccc3C2=O)c(OC)c1. The number of esters is 1. The van der Waals surface area contributed by atoms with E-state index in [1.807, 2.05) is 0 Å². The molecule has 7 nitrogen and oxygen atoms in total. The van der Waals surface area contributed by atoms with Crippen molar-refractivity contribution in [2.75, 3.05) is 21.0 Å². The van der Waals surface area contributed by atoms with Crippen LogP contribution in [0.3, 0.4) is 0 Å². The summed E-state index contributed by atoms with van der Waals surface area (Å²) in [6.07, 6.45) is 0. The molecule has 0 N–H and O–H groups in total. The molecule has 2 aromatic carbocycles. The minimum absolute atomic E-state index is 0.167. The van der Waals surface area contributed by atoms with Crippen LogP contribution in [0.4, 0.5) is 0 Å². The smallest absolute Gasteiger partial charge is 0.343 e. The first-order valence-corrected chi connectivity index (χ1v) is 7.41. The maximum atomic E-state index is 12.3. The number of benzene rings is 2. The first-order valence-electron chi connectivity index (χ1n) is 7.41. The molecule has 0 spiro atoms. The van der Waals surface area contributed by atoms with Crippen LogP contribution in [0.5, 0.6) is 11.5 Å². The van der Waals surface area contributed by atoms with E-state index in [2.05, 4.69) is 0 Å². The Labute approximate surface area is 143 Å². The van der Waals surface area contributed by atoms with Crippen molar-refractivity contribution in [1.82, 2.24) is 4.90 Å². The van der Waals surface area contributed by atoms with Gasteiger partial charge in [-0.05, 0) is 24.3 Å². The number of fused-ring (bicyclic) bond motifs is 1. The van der Waals surface area contributed by atoms with Crippen LogP contribution in [-0.2, 0) is 4.74 Å². The average molecular weight is 341 g/mol. The zero-order valence-corrected chi connectivity index (χ0v) is 13.6. The Balaban J connectivity index is 1.74. The lowest BCUT2D eigenvalue weighted by molar-refractivity contribution is 0.0226. The topological polar surface area (TPSA) is 82.1 Å². The van der Waals surface area contributed by atoms with Crippen molar-refractivity contribution in [3.63, 3.8) is 0 Å². The largest absolute Gasteiger partial charge is 0.497 e. The number of ether oxygens (including phenoxy) is 3. The van der Waals surface area contributed by atoms with E-state index in [-0.39, 0.29) is 11.3 Å². The van der Waals surface area contributed by atoms with Crippen molar-refractivity contribution >= 4 is 17.8 Å². The quantitative estimate of drug-likeness (QED) is 0.612. The van der Waals surface area contributed by atoms with Crippen molar-refractivity contribution < 1.29 is 28.6 Å². The lowest BCUT2D eigenvalue weighted by atomic mass is 10.1. The Bertz CT molecular complexity index is 825. The van der Waals surface area contributed by atoms with Gasteiger partial charge >= 0.3 is 5.97 Å². The fourth-order valence-corrected chi connectivity index (χ4v) is 2.52. The van der Waals surface area contributed by atoms with Crippen LogP contribution in [0.1, 0.15) is 31.1 Å². The predicted molar refractivity (Wildman–Crippen MR) is 86.8 cm³/mol. The molecule has 1 aliphatic heterocycles. The van der Waals surface area contributed by atoms with Gasteiger partial charge in [-0.2, -0.15) is 0 Å².